The van der Waals surface area contributed by atoms with Crippen molar-refractivity contribution in [3.05, 3.63) is 116 Å². The van der Waals surface area contributed by atoms with Gasteiger partial charge in [0, 0.05) is 39.9 Å². The third-order valence-corrected chi connectivity index (χ3v) is 7.12. The lowest BCUT2D eigenvalue weighted by molar-refractivity contribution is 0.102. The van der Waals surface area contributed by atoms with Crippen molar-refractivity contribution < 1.29 is 4.79 Å². The lowest BCUT2D eigenvalue weighted by Crippen LogP contribution is -2.13. The zero-order valence-corrected chi connectivity index (χ0v) is 21.8. The first-order valence-electron chi connectivity index (χ1n) is 11.3. The summed E-state index contributed by atoms with van der Waals surface area (Å²) in [4.78, 5) is 13.1. The summed E-state index contributed by atoms with van der Waals surface area (Å²) in [6, 6.07) is 23.9. The Morgan fingerprint density at radius 2 is 1.69 bits per heavy atom. The predicted molar refractivity (Wildman–Crippen MR) is 145 cm³/mol. The van der Waals surface area contributed by atoms with Crippen LogP contribution in [0.5, 0.6) is 0 Å². The Kier molecular flexibility index (Phi) is 6.50. The van der Waals surface area contributed by atoms with Gasteiger partial charge < -0.3 is 9.88 Å². The van der Waals surface area contributed by atoms with Gasteiger partial charge in [-0.15, -0.1) is 0 Å². The lowest BCUT2D eigenvalue weighted by atomic mass is 10.1. The van der Waals surface area contributed by atoms with Gasteiger partial charge in [-0.25, -0.2) is 0 Å². The van der Waals surface area contributed by atoms with E-state index in [2.05, 4.69) is 69.0 Å². The minimum absolute atomic E-state index is 0.197. The van der Waals surface area contributed by atoms with E-state index in [9.17, 15) is 4.79 Å². The molecule has 0 aliphatic carbocycles. The summed E-state index contributed by atoms with van der Waals surface area (Å²) in [5.41, 5.74) is 6.40. The number of rotatable bonds is 6. The maximum absolute atomic E-state index is 13.1. The van der Waals surface area contributed by atoms with Gasteiger partial charge in [0.15, 0.2) is 5.82 Å². The van der Waals surface area contributed by atoms with E-state index >= 15 is 0 Å². The first kappa shape index (κ1) is 23.4. The highest BCUT2D eigenvalue weighted by molar-refractivity contribution is 9.10. The van der Waals surface area contributed by atoms with Crippen molar-refractivity contribution in [3.8, 4) is 0 Å². The number of aromatic nitrogens is 3. The Morgan fingerprint density at radius 1 is 0.971 bits per heavy atom. The molecule has 2 aromatic heterocycles. The fourth-order valence-electron chi connectivity index (χ4n) is 4.28. The van der Waals surface area contributed by atoms with E-state index < -0.39 is 0 Å². The highest BCUT2D eigenvalue weighted by atomic mass is 79.9. The van der Waals surface area contributed by atoms with Gasteiger partial charge in [0.2, 0.25) is 0 Å². The molecule has 0 saturated heterocycles. The van der Waals surface area contributed by atoms with Crippen molar-refractivity contribution in [2.75, 3.05) is 5.32 Å². The van der Waals surface area contributed by atoms with Crippen molar-refractivity contribution in [3.63, 3.8) is 0 Å². The number of aryl methyl sites for hydroxylation is 1. The molecule has 5 rings (SSSR count). The summed E-state index contributed by atoms with van der Waals surface area (Å²) in [7, 11) is 0. The number of hydrogen-bond acceptors (Lipinski definition) is 2. The molecule has 5 nitrogen and oxygen atoms in total. The number of benzene rings is 3. The van der Waals surface area contributed by atoms with Crippen LogP contribution in [-0.4, -0.2) is 20.3 Å². The molecule has 3 aromatic carbocycles. The third kappa shape index (κ3) is 4.90. The summed E-state index contributed by atoms with van der Waals surface area (Å²) in [5.74, 6) is 0.288. The Bertz CT molecular complexity index is 1520. The van der Waals surface area contributed by atoms with Gasteiger partial charge in [0.25, 0.3) is 5.91 Å². The minimum Gasteiger partial charge on any atom is -0.340 e. The number of halogens is 2. The Labute approximate surface area is 217 Å². The molecule has 0 saturated carbocycles. The van der Waals surface area contributed by atoms with Crippen LogP contribution in [0.2, 0.25) is 5.02 Å². The molecular weight excluding hydrogens is 524 g/mol. The lowest BCUT2D eigenvalue weighted by Gasteiger charge is -2.09. The van der Waals surface area contributed by atoms with E-state index in [0.29, 0.717) is 22.9 Å². The van der Waals surface area contributed by atoms with Gasteiger partial charge in [0.05, 0.1) is 11.0 Å². The number of amides is 1. The molecule has 0 aliphatic heterocycles. The first-order valence-corrected chi connectivity index (χ1v) is 12.5. The van der Waals surface area contributed by atoms with Crippen LogP contribution < -0.4 is 5.32 Å². The van der Waals surface area contributed by atoms with Crippen LogP contribution in [-0.2, 0) is 13.1 Å². The zero-order chi connectivity index (χ0) is 24.5. The van der Waals surface area contributed by atoms with E-state index in [-0.39, 0.29) is 5.91 Å². The van der Waals surface area contributed by atoms with Gasteiger partial charge in [-0.3, -0.25) is 9.48 Å². The van der Waals surface area contributed by atoms with Gasteiger partial charge in [0.1, 0.15) is 0 Å². The molecule has 2 heterocycles. The second-order valence-electron chi connectivity index (χ2n) is 8.62. The number of anilines is 1. The van der Waals surface area contributed by atoms with E-state index in [4.69, 9.17) is 11.6 Å². The number of carbonyl (C=O) groups is 1. The van der Waals surface area contributed by atoms with E-state index in [1.807, 2.05) is 54.7 Å². The quantitative estimate of drug-likeness (QED) is 0.244. The first-order chi connectivity index (χ1) is 16.9. The highest BCUT2D eigenvalue weighted by Crippen LogP contribution is 2.28. The van der Waals surface area contributed by atoms with Crippen molar-refractivity contribution in [1.82, 2.24) is 14.3 Å². The summed E-state index contributed by atoms with van der Waals surface area (Å²) >= 11 is 9.49. The topological polar surface area (TPSA) is 51.9 Å². The van der Waals surface area contributed by atoms with E-state index in [1.165, 1.54) is 16.8 Å². The van der Waals surface area contributed by atoms with Crippen LogP contribution in [0.3, 0.4) is 0 Å². The van der Waals surface area contributed by atoms with Crippen molar-refractivity contribution in [1.29, 1.82) is 0 Å². The zero-order valence-electron chi connectivity index (χ0n) is 19.4. The van der Waals surface area contributed by atoms with E-state index in [1.54, 1.807) is 4.68 Å². The van der Waals surface area contributed by atoms with Crippen LogP contribution in [0.15, 0.2) is 83.5 Å². The molecule has 176 valence electrons. The smallest absolute Gasteiger partial charge is 0.256 e. The van der Waals surface area contributed by atoms with Gasteiger partial charge in [-0.2, -0.15) is 5.10 Å². The van der Waals surface area contributed by atoms with Crippen molar-refractivity contribution >= 4 is 50.2 Å². The standard InChI is InChI=1S/C28H24BrClN4O/c1-18-19(2)34(16-20-6-4-3-5-7-20)26-13-10-22(14-24(18)26)28(35)31-27-25(29)17-33(32-27)15-21-8-11-23(30)12-9-21/h3-14,17H,15-16H2,1-2H3,(H,31,32,35). The molecule has 0 unspecified atom stereocenters. The molecular formula is C28H24BrClN4O. The minimum atomic E-state index is -0.197. The molecule has 7 heteroatoms. The Balaban J connectivity index is 1.37. The van der Waals surface area contributed by atoms with Crippen molar-refractivity contribution in [2.24, 2.45) is 0 Å². The molecule has 35 heavy (non-hydrogen) atoms. The molecule has 0 aliphatic rings. The molecule has 0 radical (unpaired) electrons. The SMILES string of the molecule is Cc1c(C)n(Cc2ccccc2)c2ccc(C(=O)Nc3nn(Cc4ccc(Cl)cc4)cc3Br)cc12. The predicted octanol–water partition coefficient (Wildman–Crippen LogP) is 7.22. The van der Waals surface area contributed by atoms with Crippen LogP contribution in [0.25, 0.3) is 10.9 Å². The molecule has 0 fully saturated rings. The summed E-state index contributed by atoms with van der Waals surface area (Å²) in [6.07, 6.45) is 1.85. The normalized spacial score (nSPS) is 11.2. The largest absolute Gasteiger partial charge is 0.340 e. The number of nitrogens with one attached hydrogen (secondary N) is 1. The van der Waals surface area contributed by atoms with Gasteiger partial charge >= 0.3 is 0 Å². The second-order valence-corrected chi connectivity index (χ2v) is 9.91. The van der Waals surface area contributed by atoms with Crippen LogP contribution >= 0.6 is 27.5 Å². The number of nitrogens with zero attached hydrogens (tertiary/aromatic N) is 3. The number of carbonyl (C=O) groups excluding carboxylic acids is 1. The molecule has 5 aromatic rings. The molecule has 1 N–H and O–H groups in total. The second kappa shape index (κ2) is 9.72. The van der Waals surface area contributed by atoms with E-state index in [0.717, 1.165) is 27.5 Å². The molecule has 1 amide bonds. The Hall–Kier alpha value is -3.35. The van der Waals surface area contributed by atoms with Gasteiger partial charge in [-0.1, -0.05) is 54.1 Å². The molecule has 0 bridgehead atoms. The maximum atomic E-state index is 13.1. The van der Waals surface area contributed by atoms with Crippen LogP contribution in [0.4, 0.5) is 5.82 Å². The van der Waals surface area contributed by atoms with Crippen LogP contribution in [0.1, 0.15) is 32.7 Å². The monoisotopic (exact) mass is 546 g/mol. The van der Waals surface area contributed by atoms with Crippen LogP contribution in [0, 0.1) is 13.8 Å². The fraction of sp³-hybridized carbons (Fsp3) is 0.143. The molecule has 0 atom stereocenters. The fourth-order valence-corrected chi connectivity index (χ4v) is 4.82. The van der Waals surface area contributed by atoms with Gasteiger partial charge in [-0.05, 0) is 76.8 Å². The summed E-state index contributed by atoms with van der Waals surface area (Å²) in [5, 5.41) is 9.26. The molecule has 0 spiro atoms. The Morgan fingerprint density at radius 3 is 2.43 bits per heavy atom. The average molecular weight is 548 g/mol. The average Bonchev–Trinajstić information content (AvgIpc) is 3.32. The highest BCUT2D eigenvalue weighted by Gasteiger charge is 2.16. The third-order valence-electron chi connectivity index (χ3n) is 6.29. The summed E-state index contributed by atoms with van der Waals surface area (Å²) in [6.45, 7) is 5.60. The maximum Gasteiger partial charge on any atom is 0.256 e. The number of fused-ring (bicyclic) bond motifs is 1. The number of hydrogen-bond donors (Lipinski definition) is 1. The summed E-state index contributed by atoms with van der Waals surface area (Å²) < 4.78 is 4.81. The van der Waals surface area contributed by atoms with Crippen molar-refractivity contribution in [2.45, 2.75) is 26.9 Å².